The summed E-state index contributed by atoms with van der Waals surface area (Å²) in [4.78, 5) is 6.36. The first-order valence-corrected chi connectivity index (χ1v) is 5.86. The molecule has 0 rings (SSSR count). The molecule has 0 aromatic carbocycles. The highest BCUT2D eigenvalue weighted by Gasteiger charge is 1.99. The molecule has 0 unspecified atom stereocenters. The van der Waals surface area contributed by atoms with Gasteiger partial charge in [-0.2, -0.15) is 0 Å². The molecule has 0 spiro atoms. The lowest BCUT2D eigenvalue weighted by Gasteiger charge is -2.17. The van der Waals surface area contributed by atoms with Crippen LogP contribution in [0.4, 0.5) is 0 Å². The number of hydrogen-bond donors (Lipinski definition) is 2. The zero-order valence-electron chi connectivity index (χ0n) is 11.5. The van der Waals surface area contributed by atoms with Gasteiger partial charge in [0.15, 0.2) is 5.96 Å². The van der Waals surface area contributed by atoms with Gasteiger partial charge in [0.05, 0.1) is 6.61 Å². The van der Waals surface area contributed by atoms with Crippen molar-refractivity contribution in [3.63, 3.8) is 0 Å². The fraction of sp³-hybridized carbons (Fsp3) is 0.909. The monoisotopic (exact) mass is 358 g/mol. The molecule has 0 bridgehead atoms. The Balaban J connectivity index is 0. The van der Waals surface area contributed by atoms with Crippen molar-refractivity contribution in [2.45, 2.75) is 13.3 Å². The van der Waals surface area contributed by atoms with E-state index >= 15 is 0 Å². The number of guanidine groups is 1. The maximum Gasteiger partial charge on any atom is 0.191 e. The van der Waals surface area contributed by atoms with Crippen molar-refractivity contribution in [2.24, 2.45) is 4.99 Å². The third-order valence-corrected chi connectivity index (χ3v) is 2.23. The molecule has 0 aromatic heterocycles. The fourth-order valence-corrected chi connectivity index (χ4v) is 1.19. The Morgan fingerprint density at radius 1 is 1.24 bits per heavy atom. The fourth-order valence-electron chi connectivity index (χ4n) is 1.19. The molecular weight excluding hydrogens is 331 g/mol. The summed E-state index contributed by atoms with van der Waals surface area (Å²) in [6, 6.07) is 0. The largest absolute Gasteiger partial charge is 0.383 e. The van der Waals surface area contributed by atoms with Crippen molar-refractivity contribution < 1.29 is 4.74 Å². The van der Waals surface area contributed by atoms with Gasteiger partial charge in [0.2, 0.25) is 0 Å². The van der Waals surface area contributed by atoms with Crippen LogP contribution in [-0.2, 0) is 4.74 Å². The summed E-state index contributed by atoms with van der Waals surface area (Å²) < 4.78 is 5.02. The van der Waals surface area contributed by atoms with E-state index < -0.39 is 0 Å². The van der Waals surface area contributed by atoms with E-state index in [2.05, 4.69) is 34.5 Å². The molecule has 0 heterocycles. The number of nitrogens with one attached hydrogen (secondary N) is 2. The molecule has 0 saturated carbocycles. The zero-order chi connectivity index (χ0) is 12.2. The minimum Gasteiger partial charge on any atom is -0.383 e. The van der Waals surface area contributed by atoms with E-state index in [0.29, 0.717) is 0 Å². The van der Waals surface area contributed by atoms with Gasteiger partial charge in [-0.15, -0.1) is 24.0 Å². The van der Waals surface area contributed by atoms with Crippen LogP contribution < -0.4 is 10.6 Å². The van der Waals surface area contributed by atoms with E-state index in [1.807, 2.05) is 0 Å². The molecule has 0 aliphatic heterocycles. The number of hydrogen-bond acceptors (Lipinski definition) is 3. The van der Waals surface area contributed by atoms with Crippen LogP contribution in [-0.4, -0.2) is 64.9 Å². The van der Waals surface area contributed by atoms with Gasteiger partial charge < -0.3 is 20.3 Å². The summed E-state index contributed by atoms with van der Waals surface area (Å²) in [6.07, 6.45) is 1.11. The van der Waals surface area contributed by atoms with Crippen LogP contribution >= 0.6 is 24.0 Å². The molecule has 0 amide bonds. The van der Waals surface area contributed by atoms with Crippen LogP contribution in [0.1, 0.15) is 13.3 Å². The first-order valence-electron chi connectivity index (χ1n) is 5.86. The average molecular weight is 358 g/mol. The summed E-state index contributed by atoms with van der Waals surface area (Å²) in [7, 11) is 5.60. The van der Waals surface area contributed by atoms with Crippen LogP contribution in [0.15, 0.2) is 4.99 Å². The number of nitrogens with zero attached hydrogens (tertiary/aromatic N) is 2. The van der Waals surface area contributed by atoms with E-state index in [9.17, 15) is 0 Å². The second kappa shape index (κ2) is 14.0. The molecule has 6 heteroatoms. The van der Waals surface area contributed by atoms with Gasteiger partial charge in [-0.3, -0.25) is 4.99 Å². The van der Waals surface area contributed by atoms with E-state index in [1.54, 1.807) is 14.2 Å². The van der Waals surface area contributed by atoms with E-state index in [0.717, 1.165) is 45.2 Å². The third kappa shape index (κ3) is 12.2. The van der Waals surface area contributed by atoms with Crippen molar-refractivity contribution in [1.29, 1.82) is 0 Å². The lowest BCUT2D eigenvalue weighted by molar-refractivity contribution is 0.162. The van der Waals surface area contributed by atoms with Crippen molar-refractivity contribution in [1.82, 2.24) is 15.5 Å². The van der Waals surface area contributed by atoms with Crippen molar-refractivity contribution in [2.75, 3.05) is 54.0 Å². The Morgan fingerprint density at radius 3 is 2.41 bits per heavy atom. The van der Waals surface area contributed by atoms with Gasteiger partial charge >= 0.3 is 0 Å². The molecule has 0 fully saturated rings. The molecule has 2 N–H and O–H groups in total. The summed E-state index contributed by atoms with van der Waals surface area (Å²) >= 11 is 0. The first-order chi connectivity index (χ1) is 7.74. The van der Waals surface area contributed by atoms with Crippen molar-refractivity contribution >= 4 is 29.9 Å². The number of methoxy groups -OCH3 is 1. The minimum absolute atomic E-state index is 0. The van der Waals surface area contributed by atoms with Crippen LogP contribution in [0.3, 0.4) is 0 Å². The molecule has 0 atom stereocenters. The minimum atomic E-state index is 0. The predicted octanol–water partition coefficient (Wildman–Crippen LogP) is 0.758. The third-order valence-electron chi connectivity index (χ3n) is 2.23. The van der Waals surface area contributed by atoms with Crippen LogP contribution in [0.25, 0.3) is 0 Å². The van der Waals surface area contributed by atoms with Crippen molar-refractivity contribution in [3.05, 3.63) is 0 Å². The standard InChI is InChI=1S/C11H26N4O.HI/c1-5-6-13-11(12-2)14-7-8-15(3)9-10-16-4;/h5-10H2,1-4H3,(H2,12,13,14);1H. The summed E-state index contributed by atoms with van der Waals surface area (Å²) in [5.41, 5.74) is 0. The Morgan fingerprint density at radius 2 is 1.88 bits per heavy atom. The number of likely N-dealkylation sites (N-methyl/N-ethyl adjacent to an activating group) is 1. The van der Waals surface area contributed by atoms with Gasteiger partial charge in [0.25, 0.3) is 0 Å². The van der Waals surface area contributed by atoms with E-state index in [4.69, 9.17) is 4.74 Å². The molecule has 0 aliphatic rings. The molecule has 104 valence electrons. The zero-order valence-corrected chi connectivity index (χ0v) is 13.8. The molecule has 0 aromatic rings. The molecule has 0 aliphatic carbocycles. The lowest BCUT2D eigenvalue weighted by atomic mass is 10.5. The highest BCUT2D eigenvalue weighted by atomic mass is 127. The van der Waals surface area contributed by atoms with Gasteiger partial charge in [-0.1, -0.05) is 6.92 Å². The van der Waals surface area contributed by atoms with E-state index in [-0.39, 0.29) is 24.0 Å². The lowest BCUT2D eigenvalue weighted by Crippen LogP contribution is -2.41. The Hall–Kier alpha value is -0.0800. The van der Waals surface area contributed by atoms with Gasteiger partial charge in [-0.25, -0.2) is 0 Å². The Kier molecular flexibility index (Phi) is 15.8. The van der Waals surface area contributed by atoms with Gasteiger partial charge in [0.1, 0.15) is 0 Å². The van der Waals surface area contributed by atoms with Crippen LogP contribution in [0.5, 0.6) is 0 Å². The summed E-state index contributed by atoms with van der Waals surface area (Å²) in [5.74, 6) is 0.877. The Bertz CT molecular complexity index is 190. The SMILES string of the molecule is CCCNC(=NC)NCCN(C)CCOC.I. The van der Waals surface area contributed by atoms with Crippen molar-refractivity contribution in [3.8, 4) is 0 Å². The first kappa shape index (κ1) is 19.3. The number of halogens is 1. The van der Waals surface area contributed by atoms with Gasteiger partial charge in [0, 0.05) is 40.3 Å². The second-order valence-corrected chi connectivity index (χ2v) is 3.72. The normalized spacial score (nSPS) is 11.2. The topological polar surface area (TPSA) is 48.9 Å². The van der Waals surface area contributed by atoms with Gasteiger partial charge in [-0.05, 0) is 13.5 Å². The molecular formula is C11H27IN4O. The quantitative estimate of drug-likeness (QED) is 0.382. The summed E-state index contributed by atoms with van der Waals surface area (Å²) in [6.45, 7) is 6.70. The highest BCUT2D eigenvalue weighted by Crippen LogP contribution is 1.81. The predicted molar refractivity (Wildman–Crippen MR) is 84.4 cm³/mol. The van der Waals surface area contributed by atoms with Crippen LogP contribution in [0, 0.1) is 0 Å². The molecule has 0 saturated heterocycles. The number of aliphatic imine (C=N–C) groups is 1. The Labute approximate surface area is 122 Å². The smallest absolute Gasteiger partial charge is 0.191 e. The average Bonchev–Trinajstić information content (AvgIpc) is 2.30. The summed E-state index contributed by atoms with van der Waals surface area (Å²) in [5, 5.41) is 6.50. The maximum absolute atomic E-state index is 5.02. The second-order valence-electron chi connectivity index (χ2n) is 3.72. The molecule has 5 nitrogen and oxygen atoms in total. The van der Waals surface area contributed by atoms with Crippen LogP contribution in [0.2, 0.25) is 0 Å². The number of ether oxygens (including phenoxy) is 1. The number of rotatable bonds is 8. The molecule has 17 heavy (non-hydrogen) atoms. The maximum atomic E-state index is 5.02. The highest BCUT2D eigenvalue weighted by molar-refractivity contribution is 14.0. The van der Waals surface area contributed by atoms with E-state index in [1.165, 1.54) is 0 Å². The molecule has 0 radical (unpaired) electrons.